The molecule has 22 heavy (non-hydrogen) atoms. The SMILES string of the molecule is O=c1[nH]c(=O)n([C@@H]2O[C@H](COP(=O)(O)O)[C@H](O)C2F)cc1I. The van der Waals surface area contributed by atoms with Crippen LogP contribution in [-0.4, -0.2) is 49.4 Å². The summed E-state index contributed by atoms with van der Waals surface area (Å²) in [5.74, 6) is 0. The zero-order valence-corrected chi connectivity index (χ0v) is 13.7. The van der Waals surface area contributed by atoms with Crippen LogP contribution in [0.1, 0.15) is 6.23 Å². The maximum Gasteiger partial charge on any atom is 0.469 e. The number of aliphatic hydroxyl groups excluding tert-OH is 1. The molecular formula is C9H11FIN2O8P. The molecule has 13 heteroatoms. The van der Waals surface area contributed by atoms with E-state index in [0.717, 1.165) is 10.8 Å². The van der Waals surface area contributed by atoms with Crippen LogP contribution in [0.2, 0.25) is 0 Å². The first kappa shape index (κ1) is 17.7. The second kappa shape index (κ2) is 6.47. The lowest BCUT2D eigenvalue weighted by molar-refractivity contribution is -0.0484. The number of phosphoric ester groups is 1. The Balaban J connectivity index is 2.23. The van der Waals surface area contributed by atoms with E-state index in [0.29, 0.717) is 0 Å². The number of aromatic amines is 1. The lowest BCUT2D eigenvalue weighted by atomic mass is 10.1. The van der Waals surface area contributed by atoms with Crippen LogP contribution < -0.4 is 11.2 Å². The van der Waals surface area contributed by atoms with Gasteiger partial charge in [0.25, 0.3) is 5.56 Å². The van der Waals surface area contributed by atoms with E-state index in [-0.39, 0.29) is 3.57 Å². The zero-order valence-electron chi connectivity index (χ0n) is 10.6. The molecule has 0 aromatic carbocycles. The Bertz CT molecular complexity index is 716. The monoisotopic (exact) mass is 452 g/mol. The van der Waals surface area contributed by atoms with Crippen molar-refractivity contribution in [3.05, 3.63) is 30.6 Å². The molecule has 10 nitrogen and oxygen atoms in total. The molecule has 4 atom stereocenters. The Kier molecular flexibility index (Phi) is 5.21. The fourth-order valence-electron chi connectivity index (χ4n) is 1.89. The van der Waals surface area contributed by atoms with Gasteiger partial charge in [-0.3, -0.25) is 18.9 Å². The van der Waals surface area contributed by atoms with E-state index in [1.165, 1.54) is 0 Å². The summed E-state index contributed by atoms with van der Waals surface area (Å²) in [6.07, 6.45) is -5.70. The van der Waals surface area contributed by atoms with Gasteiger partial charge in [-0.05, 0) is 22.6 Å². The third kappa shape index (κ3) is 3.82. The van der Waals surface area contributed by atoms with Gasteiger partial charge in [0.2, 0.25) is 0 Å². The summed E-state index contributed by atoms with van der Waals surface area (Å²) in [5.41, 5.74) is -1.60. The standard InChI is InChI=1S/C9H11FIN2O8P/c10-5-6(14)4(2-20-22(17,18)19)21-8(5)13-1-3(11)7(15)12-9(13)16/h1,4-6,8,14H,2H2,(H,12,15,16)(H2,17,18,19)/t4-,5?,6+,8-/m1/s1. The van der Waals surface area contributed by atoms with Crippen molar-refractivity contribution < 1.29 is 33.1 Å². The van der Waals surface area contributed by atoms with Crippen LogP contribution in [0, 0.1) is 3.57 Å². The van der Waals surface area contributed by atoms with Gasteiger partial charge in [-0.25, -0.2) is 13.8 Å². The first-order valence-electron chi connectivity index (χ1n) is 5.79. The smallest absolute Gasteiger partial charge is 0.387 e. The first-order chi connectivity index (χ1) is 10.1. The molecule has 1 aromatic heterocycles. The highest BCUT2D eigenvalue weighted by Crippen LogP contribution is 2.38. The highest BCUT2D eigenvalue weighted by atomic mass is 127. The number of nitrogens with one attached hydrogen (secondary N) is 1. The Hall–Kier alpha value is -0.630. The van der Waals surface area contributed by atoms with Gasteiger partial charge in [-0.15, -0.1) is 0 Å². The number of hydrogen-bond donors (Lipinski definition) is 4. The molecule has 0 radical (unpaired) electrons. The molecule has 4 N–H and O–H groups in total. The van der Waals surface area contributed by atoms with Crippen molar-refractivity contribution in [2.24, 2.45) is 0 Å². The van der Waals surface area contributed by atoms with Crippen molar-refractivity contribution in [2.75, 3.05) is 6.61 Å². The molecule has 0 bridgehead atoms. The van der Waals surface area contributed by atoms with Gasteiger partial charge < -0.3 is 19.6 Å². The second-order valence-corrected chi connectivity index (χ2v) is 6.83. The largest absolute Gasteiger partial charge is 0.469 e. The highest BCUT2D eigenvalue weighted by Gasteiger charge is 2.46. The molecule has 1 aromatic rings. The summed E-state index contributed by atoms with van der Waals surface area (Å²) in [7, 11) is -4.81. The van der Waals surface area contributed by atoms with Gasteiger partial charge in [0, 0.05) is 6.20 Å². The number of aromatic nitrogens is 2. The molecule has 2 heterocycles. The number of phosphoric acid groups is 1. The van der Waals surface area contributed by atoms with Gasteiger partial charge in [0.15, 0.2) is 12.4 Å². The van der Waals surface area contributed by atoms with Crippen molar-refractivity contribution in [1.82, 2.24) is 9.55 Å². The van der Waals surface area contributed by atoms with Crippen LogP contribution in [0.25, 0.3) is 0 Å². The fraction of sp³-hybridized carbons (Fsp3) is 0.556. The van der Waals surface area contributed by atoms with E-state index in [2.05, 4.69) is 4.52 Å². The summed E-state index contributed by atoms with van der Waals surface area (Å²) < 4.78 is 34.8. The van der Waals surface area contributed by atoms with E-state index >= 15 is 0 Å². The molecule has 1 fully saturated rings. The number of nitrogens with zero attached hydrogens (tertiary/aromatic N) is 1. The van der Waals surface area contributed by atoms with E-state index in [1.54, 1.807) is 22.6 Å². The zero-order chi connectivity index (χ0) is 16.7. The minimum Gasteiger partial charge on any atom is -0.387 e. The molecule has 2 rings (SSSR count). The van der Waals surface area contributed by atoms with E-state index < -0.39 is 50.3 Å². The van der Waals surface area contributed by atoms with Crippen LogP contribution in [0.5, 0.6) is 0 Å². The molecule has 1 unspecified atom stereocenters. The first-order valence-corrected chi connectivity index (χ1v) is 8.39. The third-order valence-electron chi connectivity index (χ3n) is 2.90. The Morgan fingerprint density at radius 3 is 2.73 bits per heavy atom. The normalized spacial score (nSPS) is 29.0. The molecule has 1 aliphatic rings. The Labute approximate surface area is 135 Å². The predicted molar refractivity (Wildman–Crippen MR) is 76.8 cm³/mol. The fourth-order valence-corrected chi connectivity index (χ4v) is 2.66. The summed E-state index contributed by atoms with van der Waals surface area (Å²) in [4.78, 5) is 42.1. The topological polar surface area (TPSA) is 151 Å². The predicted octanol–water partition coefficient (Wildman–Crippen LogP) is -1.15. The average Bonchev–Trinajstić information content (AvgIpc) is 2.68. The van der Waals surface area contributed by atoms with Crippen LogP contribution >= 0.6 is 30.4 Å². The summed E-state index contributed by atoms with van der Waals surface area (Å²) in [6.45, 7) is -0.766. The van der Waals surface area contributed by atoms with Gasteiger partial charge in [0.1, 0.15) is 12.2 Å². The van der Waals surface area contributed by atoms with Crippen molar-refractivity contribution in [2.45, 2.75) is 24.6 Å². The lowest BCUT2D eigenvalue weighted by Crippen LogP contribution is -2.37. The summed E-state index contributed by atoms with van der Waals surface area (Å²) in [5, 5.41) is 9.68. The van der Waals surface area contributed by atoms with Gasteiger partial charge in [-0.1, -0.05) is 0 Å². The number of rotatable bonds is 4. The molecule has 0 saturated carbocycles. The van der Waals surface area contributed by atoms with Crippen molar-refractivity contribution >= 4 is 30.4 Å². The van der Waals surface area contributed by atoms with E-state index in [1.807, 2.05) is 4.98 Å². The maximum absolute atomic E-state index is 14.1. The number of ether oxygens (including phenoxy) is 1. The van der Waals surface area contributed by atoms with Crippen LogP contribution in [-0.2, 0) is 13.8 Å². The van der Waals surface area contributed by atoms with Gasteiger partial charge in [-0.2, -0.15) is 0 Å². The molecule has 0 amide bonds. The minimum atomic E-state index is -4.81. The highest BCUT2D eigenvalue weighted by molar-refractivity contribution is 14.1. The van der Waals surface area contributed by atoms with E-state index in [9.17, 15) is 23.7 Å². The maximum atomic E-state index is 14.1. The molecule has 0 spiro atoms. The molecule has 1 aliphatic heterocycles. The quantitative estimate of drug-likeness (QED) is 0.330. The van der Waals surface area contributed by atoms with Crippen molar-refractivity contribution in [3.63, 3.8) is 0 Å². The number of alkyl halides is 1. The van der Waals surface area contributed by atoms with Crippen LogP contribution in [0.3, 0.4) is 0 Å². The van der Waals surface area contributed by atoms with Gasteiger partial charge in [0.05, 0.1) is 10.2 Å². The van der Waals surface area contributed by atoms with Crippen LogP contribution in [0.4, 0.5) is 4.39 Å². The van der Waals surface area contributed by atoms with Crippen LogP contribution in [0.15, 0.2) is 15.8 Å². The number of halogens is 2. The molecule has 1 saturated heterocycles. The number of aliphatic hydroxyl groups is 1. The summed E-state index contributed by atoms with van der Waals surface area (Å²) in [6, 6.07) is 0. The summed E-state index contributed by atoms with van der Waals surface area (Å²) >= 11 is 1.63. The number of hydrogen-bond acceptors (Lipinski definition) is 6. The second-order valence-electron chi connectivity index (χ2n) is 4.43. The molecule has 0 aliphatic carbocycles. The average molecular weight is 452 g/mol. The van der Waals surface area contributed by atoms with Crippen molar-refractivity contribution in [3.8, 4) is 0 Å². The number of H-pyrrole nitrogens is 1. The Morgan fingerprint density at radius 1 is 1.50 bits per heavy atom. The lowest BCUT2D eigenvalue weighted by Gasteiger charge is -2.16. The molecular weight excluding hydrogens is 441 g/mol. The molecule has 124 valence electrons. The van der Waals surface area contributed by atoms with E-state index in [4.69, 9.17) is 14.5 Å². The minimum absolute atomic E-state index is 0.0948. The Morgan fingerprint density at radius 2 is 2.14 bits per heavy atom. The van der Waals surface area contributed by atoms with Crippen molar-refractivity contribution in [1.29, 1.82) is 0 Å². The van der Waals surface area contributed by atoms with Gasteiger partial charge >= 0.3 is 13.5 Å². The third-order valence-corrected chi connectivity index (χ3v) is 4.15.